The first-order valence-corrected chi connectivity index (χ1v) is 24.8. The van der Waals surface area contributed by atoms with E-state index >= 15 is 0 Å². The number of hydrogen-bond acceptors (Lipinski definition) is 7. The van der Waals surface area contributed by atoms with Crippen LogP contribution in [0.25, 0.3) is 10.9 Å². The minimum atomic E-state index is -3.91. The molecule has 2 heterocycles. The van der Waals surface area contributed by atoms with E-state index in [2.05, 4.69) is 45.0 Å². The SMILES string of the molecule is CC(C)(C)[Si](c1ccccc1)(c1ccccc1)C(O)[C@H]1O[C@H](OCCc2cn(S(=O)(=O)c3ccccc3)c3ccccc23)[C@@](O)(Cc2ccccc2)C[C@@]1(O)Cc1ccccc1. The molecule has 1 aromatic heterocycles. The quantitative estimate of drug-likeness (QED) is 0.0973. The number of hydrogen-bond donors (Lipinski definition) is 3. The van der Waals surface area contributed by atoms with Crippen molar-refractivity contribution in [2.45, 2.75) is 85.7 Å². The molecule has 0 amide bonds. The first-order chi connectivity index (χ1) is 29.8. The molecule has 1 unspecified atom stereocenters. The van der Waals surface area contributed by atoms with Gasteiger partial charge in [0.15, 0.2) is 14.4 Å². The van der Waals surface area contributed by atoms with Crippen LogP contribution in [0.15, 0.2) is 187 Å². The van der Waals surface area contributed by atoms with Crippen molar-refractivity contribution in [1.82, 2.24) is 3.97 Å². The van der Waals surface area contributed by atoms with Crippen molar-refractivity contribution < 1.29 is 33.2 Å². The van der Waals surface area contributed by atoms with E-state index in [0.29, 0.717) is 5.52 Å². The third-order valence-corrected chi connectivity index (χ3v) is 20.4. The van der Waals surface area contributed by atoms with Gasteiger partial charge in [0.05, 0.1) is 22.7 Å². The monoisotopic (exact) mass is 865 g/mol. The van der Waals surface area contributed by atoms with Crippen LogP contribution in [0.4, 0.5) is 0 Å². The summed E-state index contributed by atoms with van der Waals surface area (Å²) in [6, 6.07) is 55.1. The zero-order valence-corrected chi connectivity index (χ0v) is 37.2. The molecule has 5 atom stereocenters. The number of rotatable bonds is 14. The van der Waals surface area contributed by atoms with E-state index in [1.165, 1.54) is 3.97 Å². The summed E-state index contributed by atoms with van der Waals surface area (Å²) in [5, 5.41) is 42.1. The Hall–Kier alpha value is -5.17. The van der Waals surface area contributed by atoms with Gasteiger partial charge in [0, 0.05) is 30.8 Å². The molecule has 320 valence electrons. The molecular weight excluding hydrogens is 811 g/mol. The second kappa shape index (κ2) is 17.5. The van der Waals surface area contributed by atoms with E-state index in [1.54, 1.807) is 42.6 Å². The molecule has 1 aliphatic rings. The Morgan fingerprint density at radius 1 is 0.694 bits per heavy atom. The van der Waals surface area contributed by atoms with Gasteiger partial charge >= 0.3 is 0 Å². The van der Waals surface area contributed by atoms with Crippen LogP contribution in [0.3, 0.4) is 0 Å². The third-order valence-electron chi connectivity index (χ3n) is 12.6. The minimum absolute atomic E-state index is 0.0420. The minimum Gasteiger partial charge on any atom is -0.393 e. The molecule has 1 fully saturated rings. The molecule has 8 rings (SSSR count). The largest absolute Gasteiger partial charge is 0.393 e. The Kier molecular flexibility index (Phi) is 12.3. The van der Waals surface area contributed by atoms with E-state index in [1.807, 2.05) is 115 Å². The van der Waals surface area contributed by atoms with Crippen molar-refractivity contribution >= 4 is 39.4 Å². The van der Waals surface area contributed by atoms with Crippen molar-refractivity contribution in [2.24, 2.45) is 0 Å². The number of aliphatic hydroxyl groups is 3. The van der Waals surface area contributed by atoms with E-state index in [-0.39, 0.29) is 37.2 Å². The van der Waals surface area contributed by atoms with E-state index in [9.17, 15) is 23.7 Å². The Balaban J connectivity index is 1.22. The Morgan fingerprint density at radius 3 is 1.69 bits per heavy atom. The first-order valence-electron chi connectivity index (χ1n) is 21.2. The summed E-state index contributed by atoms with van der Waals surface area (Å²) in [6.07, 6.45) is -0.536. The van der Waals surface area contributed by atoms with Crippen LogP contribution in [0.2, 0.25) is 5.04 Å². The fourth-order valence-electron chi connectivity index (χ4n) is 9.92. The van der Waals surface area contributed by atoms with Gasteiger partial charge in [0.1, 0.15) is 17.3 Å². The number of para-hydroxylation sites is 1. The second-order valence-corrected chi connectivity index (χ2v) is 24.4. The highest BCUT2D eigenvalue weighted by Gasteiger charge is 2.64. The summed E-state index contributed by atoms with van der Waals surface area (Å²) in [4.78, 5) is 0.179. The second-order valence-electron chi connectivity index (χ2n) is 17.7. The maximum atomic E-state index is 13.9. The normalized spacial score (nSPS) is 21.5. The lowest BCUT2D eigenvalue weighted by atomic mass is 9.74. The summed E-state index contributed by atoms with van der Waals surface area (Å²) in [7, 11) is -7.29. The molecule has 3 N–H and O–H groups in total. The zero-order chi connectivity index (χ0) is 43.6. The summed E-state index contributed by atoms with van der Waals surface area (Å²) >= 11 is 0. The van der Waals surface area contributed by atoms with E-state index in [4.69, 9.17) is 9.47 Å². The third kappa shape index (κ3) is 8.24. The average molecular weight is 866 g/mol. The van der Waals surface area contributed by atoms with Crippen LogP contribution in [0.5, 0.6) is 0 Å². The number of nitrogens with zero attached hydrogens (tertiary/aromatic N) is 1. The maximum absolute atomic E-state index is 13.9. The summed E-state index contributed by atoms with van der Waals surface area (Å²) in [5.41, 5.74) is -1.80. The molecule has 10 heteroatoms. The lowest BCUT2D eigenvalue weighted by molar-refractivity contribution is -0.334. The molecule has 0 bridgehead atoms. The standard InChI is InChI=1S/C52H55NO7SSi/c1-50(2,3)62(43-27-15-7-16-28-43,44-29-17-8-18-30-44)48(54)47-51(55,35-39-21-9-4-10-22-39)38-52(56,36-40-23-11-5-12-24-40)49(60-47)59-34-33-41-37-53(46-32-20-19-31-45(41)46)61(57,58)42-25-13-6-14-26-42/h4-32,37,47-49,54-56H,33-36,38H2,1-3H3/t47-,48?,49+,51+,52-/m1/s1. The van der Waals surface area contributed by atoms with Crippen LogP contribution in [-0.2, 0) is 38.8 Å². The molecule has 0 aliphatic carbocycles. The molecule has 0 spiro atoms. The smallest absolute Gasteiger partial charge is 0.268 e. The Labute approximate surface area is 366 Å². The predicted molar refractivity (Wildman–Crippen MR) is 248 cm³/mol. The topological polar surface area (TPSA) is 118 Å². The number of aromatic nitrogens is 1. The van der Waals surface area contributed by atoms with Gasteiger partial charge in [-0.3, -0.25) is 0 Å². The molecule has 6 aromatic carbocycles. The van der Waals surface area contributed by atoms with Gasteiger partial charge in [-0.05, 0) is 46.3 Å². The van der Waals surface area contributed by atoms with Crippen LogP contribution in [0, 0.1) is 0 Å². The molecule has 8 nitrogen and oxygen atoms in total. The Morgan fingerprint density at radius 2 is 1.16 bits per heavy atom. The fourth-order valence-corrected chi connectivity index (χ4v) is 17.2. The number of aliphatic hydroxyl groups excluding tert-OH is 1. The van der Waals surface area contributed by atoms with Gasteiger partial charge in [-0.15, -0.1) is 0 Å². The maximum Gasteiger partial charge on any atom is 0.268 e. The highest BCUT2D eigenvalue weighted by Crippen LogP contribution is 2.47. The zero-order valence-electron chi connectivity index (χ0n) is 35.4. The lowest BCUT2D eigenvalue weighted by Gasteiger charge is -2.56. The van der Waals surface area contributed by atoms with Crippen molar-refractivity contribution in [3.63, 3.8) is 0 Å². The van der Waals surface area contributed by atoms with Crippen LogP contribution >= 0.6 is 0 Å². The number of fused-ring (bicyclic) bond motifs is 1. The van der Waals surface area contributed by atoms with Gasteiger partial charge in [-0.1, -0.05) is 189 Å². The van der Waals surface area contributed by atoms with Crippen molar-refractivity contribution in [3.05, 3.63) is 199 Å². The van der Waals surface area contributed by atoms with Crippen molar-refractivity contribution in [3.8, 4) is 0 Å². The van der Waals surface area contributed by atoms with Gasteiger partial charge in [-0.2, -0.15) is 0 Å². The predicted octanol–water partition coefficient (Wildman–Crippen LogP) is 7.46. The summed E-state index contributed by atoms with van der Waals surface area (Å²) < 4.78 is 42.9. The molecule has 1 aliphatic heterocycles. The van der Waals surface area contributed by atoms with Gasteiger partial charge in [0.2, 0.25) is 0 Å². The Bertz CT molecular complexity index is 2640. The molecule has 62 heavy (non-hydrogen) atoms. The van der Waals surface area contributed by atoms with E-state index in [0.717, 1.165) is 32.5 Å². The number of benzene rings is 6. The molecule has 0 radical (unpaired) electrons. The van der Waals surface area contributed by atoms with Crippen LogP contribution < -0.4 is 10.4 Å². The lowest BCUT2D eigenvalue weighted by Crippen LogP contribution is -2.79. The van der Waals surface area contributed by atoms with Gasteiger partial charge in [-0.25, -0.2) is 12.4 Å². The van der Waals surface area contributed by atoms with Crippen molar-refractivity contribution in [1.29, 1.82) is 0 Å². The van der Waals surface area contributed by atoms with Gasteiger partial charge < -0.3 is 24.8 Å². The van der Waals surface area contributed by atoms with Crippen LogP contribution in [0.1, 0.15) is 43.9 Å². The number of ether oxygens (including phenoxy) is 2. The average Bonchev–Trinajstić information content (AvgIpc) is 3.65. The highest BCUT2D eigenvalue weighted by molar-refractivity contribution is 7.90. The van der Waals surface area contributed by atoms with Gasteiger partial charge in [0.25, 0.3) is 10.0 Å². The van der Waals surface area contributed by atoms with E-state index < -0.39 is 52.5 Å². The van der Waals surface area contributed by atoms with Crippen LogP contribution in [-0.4, -0.2) is 71.7 Å². The summed E-state index contributed by atoms with van der Waals surface area (Å²) in [5.74, 6) is 0. The highest BCUT2D eigenvalue weighted by atomic mass is 32.2. The molecule has 0 saturated carbocycles. The molecule has 7 aromatic rings. The molecular formula is C52H55NO7SSi. The summed E-state index contributed by atoms with van der Waals surface area (Å²) in [6.45, 7) is 6.49. The van der Waals surface area contributed by atoms with Crippen molar-refractivity contribution in [2.75, 3.05) is 6.61 Å². The first kappa shape index (κ1) is 43.5. The molecule has 1 saturated heterocycles. The fraction of sp³-hybridized carbons (Fsp3) is 0.269.